The molecule has 0 radical (unpaired) electrons. The minimum Gasteiger partial charge on any atom is -0.0961 e. The van der Waals surface area contributed by atoms with E-state index in [0.717, 1.165) is 5.57 Å². The van der Waals surface area contributed by atoms with E-state index in [1.807, 2.05) is 38.2 Å². The summed E-state index contributed by atoms with van der Waals surface area (Å²) in [4.78, 5) is 0. The molecule has 0 fully saturated rings. The van der Waals surface area contributed by atoms with Gasteiger partial charge in [0, 0.05) is 0 Å². The predicted octanol–water partition coefficient (Wildman–Crippen LogP) is 5.68. The zero-order valence-electron chi connectivity index (χ0n) is 12.4. The second-order valence-electron chi connectivity index (χ2n) is 5.35. The summed E-state index contributed by atoms with van der Waals surface area (Å²) in [5.74, 6) is 0. The van der Waals surface area contributed by atoms with Crippen LogP contribution in [0.25, 0.3) is 0 Å². The molecule has 0 heterocycles. The molecule has 0 bridgehead atoms. The highest BCUT2D eigenvalue weighted by atomic mass is 14.2. The topological polar surface area (TPSA) is 0 Å². The lowest BCUT2D eigenvalue weighted by Crippen LogP contribution is -2.10. The summed E-state index contributed by atoms with van der Waals surface area (Å²) in [6.45, 7) is 14.3. The van der Waals surface area contributed by atoms with Crippen molar-refractivity contribution in [3.05, 3.63) is 72.4 Å². The fourth-order valence-corrected chi connectivity index (χ4v) is 1.27. The molecule has 0 aliphatic rings. The average Bonchev–Trinajstić information content (AvgIpc) is 2.30. The lowest BCUT2D eigenvalue weighted by Gasteiger charge is -2.18. The van der Waals surface area contributed by atoms with Crippen LogP contribution in [-0.2, 0) is 5.41 Å². The summed E-state index contributed by atoms with van der Waals surface area (Å²) in [5, 5.41) is 0. The largest absolute Gasteiger partial charge is 0.0961 e. The maximum absolute atomic E-state index is 3.71. The second-order valence-corrected chi connectivity index (χ2v) is 5.35. The summed E-state index contributed by atoms with van der Waals surface area (Å²) in [7, 11) is 0. The van der Waals surface area contributed by atoms with Gasteiger partial charge in [0.2, 0.25) is 0 Å². The van der Waals surface area contributed by atoms with Crippen molar-refractivity contribution in [2.45, 2.75) is 40.0 Å². The summed E-state index contributed by atoms with van der Waals surface area (Å²) in [6, 6.07) is 10.6. The second kappa shape index (κ2) is 8.52. The van der Waals surface area contributed by atoms with E-state index >= 15 is 0 Å². The fourth-order valence-electron chi connectivity index (χ4n) is 1.27. The Kier molecular flexibility index (Phi) is 7.78. The van der Waals surface area contributed by atoms with Crippen LogP contribution in [0.15, 0.2) is 66.8 Å². The van der Waals surface area contributed by atoms with Gasteiger partial charge in [0.25, 0.3) is 0 Å². The Bertz CT molecular complexity index is 386. The Labute approximate surface area is 113 Å². The van der Waals surface area contributed by atoms with Gasteiger partial charge in [-0.15, -0.1) is 0 Å². The third-order valence-corrected chi connectivity index (χ3v) is 2.32. The van der Waals surface area contributed by atoms with Gasteiger partial charge >= 0.3 is 0 Å². The van der Waals surface area contributed by atoms with E-state index in [1.54, 1.807) is 0 Å². The third-order valence-electron chi connectivity index (χ3n) is 2.32. The maximum atomic E-state index is 3.71. The minimum absolute atomic E-state index is 0.293. The molecule has 0 heteroatoms. The number of hydrogen-bond acceptors (Lipinski definition) is 0. The van der Waals surface area contributed by atoms with E-state index in [1.165, 1.54) is 5.56 Å². The van der Waals surface area contributed by atoms with Gasteiger partial charge in [0.15, 0.2) is 0 Å². The number of hydrogen-bond donors (Lipinski definition) is 0. The summed E-state index contributed by atoms with van der Waals surface area (Å²) in [5.41, 5.74) is 2.78. The highest BCUT2D eigenvalue weighted by molar-refractivity contribution is 5.22. The smallest absolute Gasteiger partial charge is 0.0132 e. The zero-order valence-corrected chi connectivity index (χ0v) is 12.4. The molecule has 0 aliphatic carbocycles. The molecule has 0 amide bonds. The van der Waals surface area contributed by atoms with Gasteiger partial charge in [-0.05, 0) is 24.8 Å². The first-order chi connectivity index (χ1) is 8.38. The minimum atomic E-state index is 0.293. The van der Waals surface area contributed by atoms with E-state index in [9.17, 15) is 0 Å². The van der Waals surface area contributed by atoms with Gasteiger partial charge < -0.3 is 0 Å². The highest BCUT2D eigenvalue weighted by Crippen LogP contribution is 2.20. The Hall–Kier alpha value is -1.56. The van der Waals surface area contributed by atoms with Crippen LogP contribution in [0, 0.1) is 0 Å². The normalized spacial score (nSPS) is 11.4. The van der Waals surface area contributed by atoms with Crippen LogP contribution in [0.5, 0.6) is 0 Å². The molecule has 0 saturated heterocycles. The molecule has 98 valence electrons. The van der Waals surface area contributed by atoms with E-state index in [-0.39, 0.29) is 0 Å². The van der Waals surface area contributed by atoms with E-state index in [4.69, 9.17) is 0 Å². The molecule has 0 aliphatic heterocycles. The summed E-state index contributed by atoms with van der Waals surface area (Å²) >= 11 is 0. The number of allylic oxidation sites excluding steroid dienone is 5. The molecule has 18 heavy (non-hydrogen) atoms. The fraction of sp³-hybridized carbons (Fsp3) is 0.333. The SMILES string of the molecule is C=C(C)/C=C\C=C/C.CC(C)(C)c1ccccc1. The zero-order chi connectivity index (χ0) is 14.0. The monoisotopic (exact) mass is 242 g/mol. The molecule has 1 aromatic carbocycles. The van der Waals surface area contributed by atoms with Gasteiger partial charge in [-0.1, -0.05) is 87.6 Å². The summed E-state index contributed by atoms with van der Waals surface area (Å²) in [6.07, 6.45) is 7.91. The first-order valence-corrected chi connectivity index (χ1v) is 6.38. The van der Waals surface area contributed by atoms with Gasteiger partial charge in [-0.3, -0.25) is 0 Å². The standard InChI is InChI=1S/C10H14.C8H12/c1-10(2,3)9-7-5-4-6-8-9;1-4-5-6-7-8(2)3/h4-8H,1-3H3;4-7H,2H2,1,3H3/b;5-4-,7-6-. The molecular weight excluding hydrogens is 216 g/mol. The number of benzene rings is 1. The van der Waals surface area contributed by atoms with Gasteiger partial charge in [-0.2, -0.15) is 0 Å². The third kappa shape index (κ3) is 8.58. The van der Waals surface area contributed by atoms with Crippen molar-refractivity contribution in [2.24, 2.45) is 0 Å². The molecular formula is C18H26. The van der Waals surface area contributed by atoms with E-state index in [0.29, 0.717) is 5.41 Å². The molecule has 1 aromatic rings. The van der Waals surface area contributed by atoms with Gasteiger partial charge in [-0.25, -0.2) is 0 Å². The lowest BCUT2D eigenvalue weighted by molar-refractivity contribution is 0.590. The van der Waals surface area contributed by atoms with Crippen molar-refractivity contribution >= 4 is 0 Å². The van der Waals surface area contributed by atoms with Crippen molar-refractivity contribution in [1.29, 1.82) is 0 Å². The lowest BCUT2D eigenvalue weighted by atomic mass is 9.87. The molecule has 0 N–H and O–H groups in total. The molecule has 0 saturated carbocycles. The first kappa shape index (κ1) is 16.4. The van der Waals surface area contributed by atoms with Crippen molar-refractivity contribution in [3.8, 4) is 0 Å². The molecule has 0 atom stereocenters. The van der Waals surface area contributed by atoms with Gasteiger partial charge in [0.05, 0.1) is 0 Å². The van der Waals surface area contributed by atoms with Crippen molar-refractivity contribution < 1.29 is 0 Å². The first-order valence-electron chi connectivity index (χ1n) is 6.38. The van der Waals surface area contributed by atoms with Crippen molar-refractivity contribution in [2.75, 3.05) is 0 Å². The Morgan fingerprint density at radius 2 is 1.61 bits per heavy atom. The van der Waals surface area contributed by atoms with Gasteiger partial charge in [0.1, 0.15) is 0 Å². The predicted molar refractivity (Wildman–Crippen MR) is 83.9 cm³/mol. The average molecular weight is 242 g/mol. The Morgan fingerprint density at radius 1 is 1.06 bits per heavy atom. The van der Waals surface area contributed by atoms with E-state index in [2.05, 4.69) is 57.7 Å². The van der Waals surface area contributed by atoms with Crippen LogP contribution in [0.2, 0.25) is 0 Å². The maximum Gasteiger partial charge on any atom is -0.0132 e. The quantitative estimate of drug-likeness (QED) is 0.585. The Morgan fingerprint density at radius 3 is 1.94 bits per heavy atom. The Balaban J connectivity index is 0.000000331. The van der Waals surface area contributed by atoms with Crippen LogP contribution in [0.1, 0.15) is 40.2 Å². The molecule has 0 unspecified atom stereocenters. The van der Waals surface area contributed by atoms with Crippen molar-refractivity contribution in [1.82, 2.24) is 0 Å². The highest BCUT2D eigenvalue weighted by Gasteiger charge is 2.11. The molecule has 0 spiro atoms. The van der Waals surface area contributed by atoms with Crippen LogP contribution < -0.4 is 0 Å². The number of rotatable bonds is 2. The van der Waals surface area contributed by atoms with Crippen LogP contribution in [-0.4, -0.2) is 0 Å². The van der Waals surface area contributed by atoms with Crippen LogP contribution >= 0.6 is 0 Å². The van der Waals surface area contributed by atoms with Crippen molar-refractivity contribution in [3.63, 3.8) is 0 Å². The van der Waals surface area contributed by atoms with E-state index < -0.39 is 0 Å². The van der Waals surface area contributed by atoms with Crippen LogP contribution in [0.4, 0.5) is 0 Å². The van der Waals surface area contributed by atoms with Crippen LogP contribution in [0.3, 0.4) is 0 Å². The molecule has 0 nitrogen and oxygen atoms in total. The summed E-state index contributed by atoms with van der Waals surface area (Å²) < 4.78 is 0. The molecule has 1 rings (SSSR count). The molecule has 0 aromatic heterocycles.